The summed E-state index contributed by atoms with van der Waals surface area (Å²) in [5.41, 5.74) is 1.94. The first-order chi connectivity index (χ1) is 13.7. The van der Waals surface area contributed by atoms with Crippen molar-refractivity contribution in [3.63, 3.8) is 0 Å². The van der Waals surface area contributed by atoms with Crippen LogP contribution in [0.25, 0.3) is 0 Å². The smallest absolute Gasteiger partial charge is 0.238 e. The number of benzene rings is 1. The van der Waals surface area contributed by atoms with Gasteiger partial charge in [-0.1, -0.05) is 26.0 Å². The van der Waals surface area contributed by atoms with E-state index in [1.54, 1.807) is 0 Å². The summed E-state index contributed by atoms with van der Waals surface area (Å²) in [5.74, 6) is 0.607. The molecule has 0 unspecified atom stereocenters. The van der Waals surface area contributed by atoms with Crippen molar-refractivity contribution in [3.05, 3.63) is 29.8 Å². The van der Waals surface area contributed by atoms with E-state index in [1.807, 2.05) is 32.9 Å². The predicted molar refractivity (Wildman–Crippen MR) is 119 cm³/mol. The maximum atomic E-state index is 12.5. The number of hydrogen-bond acceptors (Lipinski definition) is 4. The zero-order chi connectivity index (χ0) is 21.4. The van der Waals surface area contributed by atoms with Crippen LogP contribution < -0.4 is 10.6 Å². The van der Waals surface area contributed by atoms with E-state index in [-0.39, 0.29) is 17.4 Å². The van der Waals surface area contributed by atoms with Crippen LogP contribution in [-0.2, 0) is 9.59 Å². The summed E-state index contributed by atoms with van der Waals surface area (Å²) < 4.78 is 0. The van der Waals surface area contributed by atoms with Gasteiger partial charge in [0.25, 0.3) is 0 Å². The molecule has 0 saturated carbocycles. The molecular weight excluding hydrogens is 364 g/mol. The molecule has 1 heterocycles. The molecule has 0 spiro atoms. The van der Waals surface area contributed by atoms with Crippen LogP contribution >= 0.6 is 0 Å². The molecule has 2 rings (SSSR count). The zero-order valence-corrected chi connectivity index (χ0v) is 18.8. The van der Waals surface area contributed by atoms with Gasteiger partial charge in [-0.2, -0.15) is 0 Å². The average molecular weight is 403 g/mol. The standard InChI is InChI=1S/C23H38N4O2/c1-6-18(2)19-8-10-20(11-9-19)24-21(28)16-26-12-7-13-27(15-14-26)17-22(29)25-23(3,4)5/h8-11,18H,6-7,12-17H2,1-5H3,(H,24,28)(H,25,29)/t18-/m1/s1. The highest BCUT2D eigenvalue weighted by Gasteiger charge is 2.20. The number of nitrogens with zero attached hydrogens (tertiary/aromatic N) is 2. The molecule has 1 aliphatic rings. The molecule has 1 saturated heterocycles. The fourth-order valence-corrected chi connectivity index (χ4v) is 3.54. The quantitative estimate of drug-likeness (QED) is 0.736. The van der Waals surface area contributed by atoms with Crippen LogP contribution in [0.15, 0.2) is 24.3 Å². The Balaban J connectivity index is 1.77. The lowest BCUT2D eigenvalue weighted by Gasteiger charge is -2.25. The molecule has 1 fully saturated rings. The molecule has 6 heteroatoms. The summed E-state index contributed by atoms with van der Waals surface area (Å²) in [7, 11) is 0. The van der Waals surface area contributed by atoms with Crippen molar-refractivity contribution in [1.29, 1.82) is 0 Å². The molecule has 29 heavy (non-hydrogen) atoms. The van der Waals surface area contributed by atoms with Crippen LogP contribution in [0.3, 0.4) is 0 Å². The Hall–Kier alpha value is -1.92. The highest BCUT2D eigenvalue weighted by molar-refractivity contribution is 5.92. The molecule has 1 aromatic rings. The monoisotopic (exact) mass is 402 g/mol. The molecule has 1 atom stereocenters. The lowest BCUT2D eigenvalue weighted by Crippen LogP contribution is -2.46. The van der Waals surface area contributed by atoms with Gasteiger partial charge in [-0.3, -0.25) is 19.4 Å². The van der Waals surface area contributed by atoms with Crippen LogP contribution in [0, 0.1) is 0 Å². The SMILES string of the molecule is CC[C@@H](C)c1ccc(NC(=O)CN2CCCN(CC(=O)NC(C)(C)C)CC2)cc1. The normalized spacial score (nSPS) is 17.4. The molecule has 2 N–H and O–H groups in total. The molecule has 0 bridgehead atoms. The van der Waals surface area contributed by atoms with E-state index < -0.39 is 0 Å². The summed E-state index contributed by atoms with van der Waals surface area (Å²) in [6.07, 6.45) is 2.06. The average Bonchev–Trinajstić information content (AvgIpc) is 2.85. The molecule has 0 aromatic heterocycles. The second-order valence-corrected chi connectivity index (χ2v) is 9.18. The van der Waals surface area contributed by atoms with Crippen molar-refractivity contribution >= 4 is 17.5 Å². The largest absolute Gasteiger partial charge is 0.350 e. The molecule has 0 radical (unpaired) electrons. The zero-order valence-electron chi connectivity index (χ0n) is 18.8. The Labute approximate surface area is 176 Å². The van der Waals surface area contributed by atoms with Crippen LogP contribution in [0.1, 0.15) is 58.9 Å². The first-order valence-electron chi connectivity index (χ1n) is 10.8. The van der Waals surface area contributed by atoms with E-state index >= 15 is 0 Å². The second kappa shape index (κ2) is 10.7. The minimum Gasteiger partial charge on any atom is -0.350 e. The van der Waals surface area contributed by atoms with Gasteiger partial charge in [0, 0.05) is 24.3 Å². The summed E-state index contributed by atoms with van der Waals surface area (Å²) in [5, 5.41) is 6.02. The van der Waals surface area contributed by atoms with Gasteiger partial charge in [0.1, 0.15) is 0 Å². The third-order valence-electron chi connectivity index (χ3n) is 5.31. The number of hydrogen-bond donors (Lipinski definition) is 2. The maximum Gasteiger partial charge on any atom is 0.238 e. The van der Waals surface area contributed by atoms with Crippen molar-refractivity contribution < 1.29 is 9.59 Å². The number of rotatable bonds is 7. The lowest BCUT2D eigenvalue weighted by atomic mass is 9.99. The minimum atomic E-state index is -0.208. The molecular formula is C23H38N4O2. The number of carbonyl (C=O) groups is 2. The Morgan fingerprint density at radius 2 is 1.52 bits per heavy atom. The van der Waals surface area contributed by atoms with E-state index in [9.17, 15) is 9.59 Å². The van der Waals surface area contributed by atoms with Gasteiger partial charge in [-0.25, -0.2) is 0 Å². The van der Waals surface area contributed by atoms with Gasteiger partial charge in [-0.05, 0) is 70.3 Å². The lowest BCUT2D eigenvalue weighted by molar-refractivity contribution is -0.123. The second-order valence-electron chi connectivity index (χ2n) is 9.18. The number of carbonyl (C=O) groups excluding carboxylic acids is 2. The Bertz CT molecular complexity index is 666. The number of nitrogens with one attached hydrogen (secondary N) is 2. The summed E-state index contributed by atoms with van der Waals surface area (Å²) in [6, 6.07) is 8.15. The predicted octanol–water partition coefficient (Wildman–Crippen LogP) is 3.06. The van der Waals surface area contributed by atoms with Crippen LogP contribution in [0.2, 0.25) is 0 Å². The maximum absolute atomic E-state index is 12.5. The minimum absolute atomic E-state index is 0.0141. The third kappa shape index (κ3) is 8.54. The van der Waals surface area contributed by atoms with Gasteiger partial charge in [-0.15, -0.1) is 0 Å². The van der Waals surface area contributed by atoms with E-state index in [4.69, 9.17) is 0 Å². The molecule has 0 aliphatic carbocycles. The third-order valence-corrected chi connectivity index (χ3v) is 5.31. The first kappa shape index (κ1) is 23.4. The molecule has 162 valence electrons. The molecule has 1 aromatic carbocycles. The Morgan fingerprint density at radius 3 is 2.03 bits per heavy atom. The van der Waals surface area contributed by atoms with Crippen molar-refractivity contribution in [2.75, 3.05) is 44.6 Å². The Kier molecular flexibility index (Phi) is 8.65. The van der Waals surface area contributed by atoms with Crippen molar-refractivity contribution in [3.8, 4) is 0 Å². The molecule has 2 amide bonds. The molecule has 1 aliphatic heterocycles. The van der Waals surface area contributed by atoms with E-state index in [0.29, 0.717) is 19.0 Å². The first-order valence-corrected chi connectivity index (χ1v) is 10.8. The van der Waals surface area contributed by atoms with Crippen molar-refractivity contribution in [1.82, 2.24) is 15.1 Å². The number of anilines is 1. The van der Waals surface area contributed by atoms with Gasteiger partial charge in [0.15, 0.2) is 0 Å². The van der Waals surface area contributed by atoms with Crippen LogP contribution in [-0.4, -0.2) is 66.4 Å². The van der Waals surface area contributed by atoms with Gasteiger partial charge in [0.2, 0.25) is 11.8 Å². The van der Waals surface area contributed by atoms with Crippen LogP contribution in [0.5, 0.6) is 0 Å². The molecule has 6 nitrogen and oxygen atoms in total. The summed E-state index contributed by atoms with van der Waals surface area (Å²) in [6.45, 7) is 14.5. The van der Waals surface area contributed by atoms with Crippen LogP contribution in [0.4, 0.5) is 5.69 Å². The van der Waals surface area contributed by atoms with E-state index in [1.165, 1.54) is 5.56 Å². The van der Waals surface area contributed by atoms with Crippen molar-refractivity contribution in [2.24, 2.45) is 0 Å². The van der Waals surface area contributed by atoms with E-state index in [0.717, 1.165) is 44.7 Å². The highest BCUT2D eigenvalue weighted by atomic mass is 16.2. The van der Waals surface area contributed by atoms with Crippen molar-refractivity contribution in [2.45, 2.75) is 58.9 Å². The number of amides is 2. The fourth-order valence-electron chi connectivity index (χ4n) is 3.54. The van der Waals surface area contributed by atoms with E-state index in [2.05, 4.69) is 46.4 Å². The Morgan fingerprint density at radius 1 is 0.966 bits per heavy atom. The topological polar surface area (TPSA) is 64.7 Å². The van der Waals surface area contributed by atoms with Gasteiger partial charge < -0.3 is 10.6 Å². The van der Waals surface area contributed by atoms with Gasteiger partial charge in [0.05, 0.1) is 13.1 Å². The summed E-state index contributed by atoms with van der Waals surface area (Å²) >= 11 is 0. The highest BCUT2D eigenvalue weighted by Crippen LogP contribution is 2.20. The summed E-state index contributed by atoms with van der Waals surface area (Å²) in [4.78, 5) is 29.0. The van der Waals surface area contributed by atoms with Gasteiger partial charge >= 0.3 is 0 Å². The fraction of sp³-hybridized carbons (Fsp3) is 0.652.